The van der Waals surface area contributed by atoms with Crippen molar-refractivity contribution in [3.63, 3.8) is 0 Å². The summed E-state index contributed by atoms with van der Waals surface area (Å²) in [7, 11) is 1.97. The number of aliphatic imine (C=N–C) groups is 1. The van der Waals surface area contributed by atoms with Crippen LogP contribution in [0.5, 0.6) is 0 Å². The molecule has 0 amide bonds. The third-order valence-corrected chi connectivity index (χ3v) is 3.17. The highest BCUT2D eigenvalue weighted by molar-refractivity contribution is 5.33. The van der Waals surface area contributed by atoms with E-state index in [0.29, 0.717) is 17.9 Å². The molecule has 0 heterocycles. The number of hydrogen-bond donors (Lipinski definition) is 1. The minimum atomic E-state index is 0.172. The second kappa shape index (κ2) is 4.54. The zero-order chi connectivity index (χ0) is 9.84. The van der Waals surface area contributed by atoms with Crippen LogP contribution in [0.1, 0.15) is 26.7 Å². The van der Waals surface area contributed by atoms with Crippen LogP contribution in [0.3, 0.4) is 0 Å². The first kappa shape index (κ1) is 10.4. The Balaban J connectivity index is 2.63. The highest BCUT2D eigenvalue weighted by Crippen LogP contribution is 2.30. The molecule has 74 valence electrons. The van der Waals surface area contributed by atoms with Gasteiger partial charge in [-0.05, 0) is 31.7 Å². The summed E-state index contributed by atoms with van der Waals surface area (Å²) >= 11 is 0. The van der Waals surface area contributed by atoms with Gasteiger partial charge in [0.1, 0.15) is 0 Å². The second-order valence-corrected chi connectivity index (χ2v) is 4.11. The monoisotopic (exact) mass is 182 g/mol. The highest BCUT2D eigenvalue weighted by atomic mass is 16.1. The number of carbonyl (C=O) groups excluding carboxylic acids is 1. The lowest BCUT2D eigenvalue weighted by Gasteiger charge is -2.36. The van der Waals surface area contributed by atoms with E-state index < -0.39 is 0 Å². The third-order valence-electron chi connectivity index (χ3n) is 3.17. The molecule has 1 N–H and O–H groups in total. The highest BCUT2D eigenvalue weighted by Gasteiger charge is 2.31. The Labute approximate surface area is 79.6 Å². The van der Waals surface area contributed by atoms with Crippen molar-refractivity contribution in [1.29, 1.82) is 0 Å². The van der Waals surface area contributed by atoms with Gasteiger partial charge in [-0.2, -0.15) is 0 Å². The lowest BCUT2D eigenvalue weighted by atomic mass is 9.77. The summed E-state index contributed by atoms with van der Waals surface area (Å²) in [5, 5.41) is 3.27. The Morgan fingerprint density at radius 3 is 2.54 bits per heavy atom. The minimum absolute atomic E-state index is 0.172. The maximum absolute atomic E-state index is 10.2. The molecule has 1 aliphatic rings. The van der Waals surface area contributed by atoms with Crippen molar-refractivity contribution in [1.82, 2.24) is 5.32 Å². The largest absolute Gasteiger partial charge is 0.317 e. The molecule has 1 rings (SSSR count). The fourth-order valence-corrected chi connectivity index (χ4v) is 2.28. The van der Waals surface area contributed by atoms with Crippen LogP contribution in [-0.4, -0.2) is 25.2 Å². The first-order valence-corrected chi connectivity index (χ1v) is 4.93. The van der Waals surface area contributed by atoms with Gasteiger partial charge in [-0.3, -0.25) is 0 Å². The van der Waals surface area contributed by atoms with Gasteiger partial charge in [-0.25, -0.2) is 9.79 Å². The molecule has 1 aliphatic carbocycles. The number of nitrogens with zero attached hydrogens (tertiary/aromatic N) is 1. The molecular formula is C10H18N2O. The molecule has 3 nitrogen and oxygen atoms in total. The summed E-state index contributed by atoms with van der Waals surface area (Å²) in [6.07, 6.45) is 3.78. The molecule has 0 radical (unpaired) electrons. The molecule has 4 atom stereocenters. The maximum atomic E-state index is 10.2. The van der Waals surface area contributed by atoms with Gasteiger partial charge >= 0.3 is 0 Å². The van der Waals surface area contributed by atoms with Gasteiger partial charge in [-0.1, -0.05) is 13.8 Å². The first-order valence-electron chi connectivity index (χ1n) is 4.93. The normalized spacial score (nSPS) is 39.6. The zero-order valence-corrected chi connectivity index (χ0v) is 8.58. The average molecular weight is 182 g/mol. The number of rotatable bonds is 2. The van der Waals surface area contributed by atoms with E-state index in [-0.39, 0.29) is 6.04 Å². The molecule has 13 heavy (non-hydrogen) atoms. The van der Waals surface area contributed by atoms with Crippen molar-refractivity contribution >= 4 is 6.08 Å². The van der Waals surface area contributed by atoms with Crippen molar-refractivity contribution in [2.45, 2.75) is 38.8 Å². The van der Waals surface area contributed by atoms with E-state index in [0.717, 1.165) is 12.8 Å². The maximum Gasteiger partial charge on any atom is 0.235 e. The Bertz CT molecular complexity index is 211. The summed E-state index contributed by atoms with van der Waals surface area (Å²) < 4.78 is 0. The first-order chi connectivity index (χ1) is 6.19. The summed E-state index contributed by atoms with van der Waals surface area (Å²) in [4.78, 5) is 14.0. The summed E-state index contributed by atoms with van der Waals surface area (Å²) in [5.74, 6) is 1.19. The zero-order valence-electron chi connectivity index (χ0n) is 8.58. The van der Waals surface area contributed by atoms with Gasteiger partial charge < -0.3 is 5.32 Å². The van der Waals surface area contributed by atoms with Crippen molar-refractivity contribution in [2.75, 3.05) is 7.05 Å². The molecule has 1 saturated carbocycles. The molecule has 3 unspecified atom stereocenters. The predicted molar refractivity (Wildman–Crippen MR) is 52.3 cm³/mol. The van der Waals surface area contributed by atoms with Crippen LogP contribution in [-0.2, 0) is 4.79 Å². The Morgan fingerprint density at radius 1 is 1.31 bits per heavy atom. The van der Waals surface area contributed by atoms with E-state index >= 15 is 0 Å². The lowest BCUT2D eigenvalue weighted by Crippen LogP contribution is -2.42. The second-order valence-electron chi connectivity index (χ2n) is 4.11. The van der Waals surface area contributed by atoms with E-state index in [4.69, 9.17) is 0 Å². The average Bonchev–Trinajstić information content (AvgIpc) is 2.10. The SMILES string of the molecule is CNC1C[C@H](N=C=O)C(C)CC1C. The molecule has 0 bridgehead atoms. The fraction of sp³-hybridized carbons (Fsp3) is 0.900. The van der Waals surface area contributed by atoms with Crippen molar-refractivity contribution in [3.8, 4) is 0 Å². The molecular weight excluding hydrogens is 164 g/mol. The van der Waals surface area contributed by atoms with Crippen LogP contribution in [0.2, 0.25) is 0 Å². The topological polar surface area (TPSA) is 41.5 Å². The van der Waals surface area contributed by atoms with Crippen LogP contribution in [0.25, 0.3) is 0 Å². The number of isocyanates is 1. The molecule has 0 aromatic rings. The van der Waals surface area contributed by atoms with Crippen molar-refractivity contribution in [2.24, 2.45) is 16.8 Å². The minimum Gasteiger partial charge on any atom is -0.317 e. The summed E-state index contributed by atoms with van der Waals surface area (Å²) in [6.45, 7) is 4.41. The number of hydrogen-bond acceptors (Lipinski definition) is 3. The van der Waals surface area contributed by atoms with Crippen LogP contribution in [0.15, 0.2) is 4.99 Å². The Morgan fingerprint density at radius 2 is 2.00 bits per heavy atom. The molecule has 0 saturated heterocycles. The van der Waals surface area contributed by atoms with Gasteiger partial charge in [0, 0.05) is 6.04 Å². The summed E-state index contributed by atoms with van der Waals surface area (Å²) in [6, 6.07) is 0.671. The van der Waals surface area contributed by atoms with Gasteiger partial charge in [-0.15, -0.1) is 0 Å². The van der Waals surface area contributed by atoms with Crippen molar-refractivity contribution in [3.05, 3.63) is 0 Å². The van der Waals surface area contributed by atoms with Crippen LogP contribution in [0.4, 0.5) is 0 Å². The van der Waals surface area contributed by atoms with E-state index in [1.54, 1.807) is 6.08 Å². The Hall–Kier alpha value is -0.660. The number of nitrogens with one attached hydrogen (secondary N) is 1. The quantitative estimate of drug-likeness (QED) is 0.517. The van der Waals surface area contributed by atoms with E-state index in [1.807, 2.05) is 7.05 Å². The van der Waals surface area contributed by atoms with Crippen molar-refractivity contribution < 1.29 is 4.79 Å². The van der Waals surface area contributed by atoms with E-state index in [1.165, 1.54) is 0 Å². The van der Waals surface area contributed by atoms with Gasteiger partial charge in [0.25, 0.3) is 0 Å². The van der Waals surface area contributed by atoms with Crippen LogP contribution in [0, 0.1) is 11.8 Å². The van der Waals surface area contributed by atoms with Crippen LogP contribution >= 0.6 is 0 Å². The van der Waals surface area contributed by atoms with E-state index in [2.05, 4.69) is 24.2 Å². The van der Waals surface area contributed by atoms with Gasteiger partial charge in [0.05, 0.1) is 6.04 Å². The Kier molecular flexibility index (Phi) is 3.64. The molecule has 0 aromatic heterocycles. The molecule has 1 fully saturated rings. The molecule has 3 heteroatoms. The predicted octanol–water partition coefficient (Wildman–Crippen LogP) is 1.34. The fourth-order valence-electron chi connectivity index (χ4n) is 2.28. The lowest BCUT2D eigenvalue weighted by molar-refractivity contribution is 0.209. The summed E-state index contributed by atoms with van der Waals surface area (Å²) in [5.41, 5.74) is 0. The van der Waals surface area contributed by atoms with Crippen LogP contribution < -0.4 is 5.32 Å². The standard InChI is InChI=1S/C10H18N2O/c1-7-4-8(2)10(12-6-13)5-9(7)11-3/h7-11H,4-5H2,1-3H3/t7?,8?,9?,10-/m0/s1. The smallest absolute Gasteiger partial charge is 0.235 e. The molecule has 0 aromatic carbocycles. The molecule has 0 spiro atoms. The van der Waals surface area contributed by atoms with E-state index in [9.17, 15) is 4.79 Å². The molecule has 0 aliphatic heterocycles. The van der Waals surface area contributed by atoms with Gasteiger partial charge in [0.2, 0.25) is 6.08 Å². The third kappa shape index (κ3) is 2.39. The van der Waals surface area contributed by atoms with Gasteiger partial charge in [0.15, 0.2) is 0 Å².